The molecule has 0 bridgehead atoms. The van der Waals surface area contributed by atoms with Crippen LogP contribution < -0.4 is 15.4 Å². The lowest BCUT2D eigenvalue weighted by atomic mass is 10.1. The smallest absolute Gasteiger partial charge is 0.348 e. The van der Waals surface area contributed by atoms with Gasteiger partial charge >= 0.3 is 11.9 Å². The zero-order chi connectivity index (χ0) is 33.2. The quantitative estimate of drug-likeness (QED) is 0.136. The Morgan fingerprint density at radius 2 is 1.63 bits per heavy atom. The largest absolute Gasteiger partial charge is 0.494 e. The highest BCUT2D eigenvalue weighted by Crippen LogP contribution is 2.35. The number of amides is 2. The Balaban J connectivity index is 1.56. The molecule has 2 N–H and O–H groups in total. The maximum atomic E-state index is 14.2. The van der Waals surface area contributed by atoms with Crippen LogP contribution in [0.15, 0.2) is 53.7 Å². The summed E-state index contributed by atoms with van der Waals surface area (Å²) >= 11 is 1.99. The summed E-state index contributed by atoms with van der Waals surface area (Å²) in [4.78, 5) is 51.2. The summed E-state index contributed by atoms with van der Waals surface area (Å²) in [5.41, 5.74) is 0.947. The molecular formula is C31H32FN5O7S2. The van der Waals surface area contributed by atoms with Crippen molar-refractivity contribution >= 4 is 51.9 Å². The molecule has 12 nitrogen and oxygen atoms in total. The Hall–Kier alpha value is -4.76. The van der Waals surface area contributed by atoms with Crippen molar-refractivity contribution in [3.63, 3.8) is 0 Å². The first-order valence-electron chi connectivity index (χ1n) is 14.3. The van der Waals surface area contributed by atoms with Gasteiger partial charge in [-0.25, -0.2) is 14.0 Å². The van der Waals surface area contributed by atoms with Crippen LogP contribution in [0.4, 0.5) is 9.39 Å². The minimum absolute atomic E-state index is 0.0821. The SMILES string of the molecule is CCOC(=O)c1sc(NC(=O)CSc2nnc(CNC(=O)c3ccccc3F)n2-c2ccc(OCC)cc2)c(C(=O)OCC)c1C. The standard InChI is InChI=1S/C31H32FN5O7S2/c1-5-42-20-14-12-19(13-15-20)37-23(16-33-27(39)21-10-8-9-11-22(21)32)35-36-31(37)45-17-24(38)34-28-25(29(40)43-6-2)18(4)26(46-28)30(41)44-7-3/h8-15H,5-7,16-17H2,1-4H3,(H,33,39)(H,34,38). The van der Waals surface area contributed by atoms with Gasteiger partial charge in [0, 0.05) is 5.69 Å². The number of thioether (sulfide) groups is 1. The van der Waals surface area contributed by atoms with E-state index in [1.54, 1.807) is 55.7 Å². The summed E-state index contributed by atoms with van der Waals surface area (Å²) in [6, 6.07) is 12.7. The second-order valence-corrected chi connectivity index (χ2v) is 11.3. The maximum absolute atomic E-state index is 14.2. The number of rotatable bonds is 14. The first-order valence-corrected chi connectivity index (χ1v) is 16.1. The molecule has 0 fully saturated rings. The van der Waals surface area contributed by atoms with Crippen LogP contribution in [0.3, 0.4) is 0 Å². The Morgan fingerprint density at radius 1 is 0.935 bits per heavy atom. The highest BCUT2D eigenvalue weighted by atomic mass is 32.2. The molecule has 0 unspecified atom stereocenters. The minimum atomic E-state index is -0.674. The third-order valence-corrected chi connectivity index (χ3v) is 8.42. The second-order valence-electron chi connectivity index (χ2n) is 9.36. The molecule has 2 amide bonds. The Bertz CT molecular complexity index is 1720. The average molecular weight is 670 g/mol. The summed E-state index contributed by atoms with van der Waals surface area (Å²) in [5.74, 6) is -2.22. The lowest BCUT2D eigenvalue weighted by Gasteiger charge is -2.12. The van der Waals surface area contributed by atoms with Crippen molar-refractivity contribution in [2.45, 2.75) is 39.4 Å². The number of hydrogen-bond acceptors (Lipinski definition) is 11. The van der Waals surface area contributed by atoms with E-state index in [9.17, 15) is 23.6 Å². The molecule has 46 heavy (non-hydrogen) atoms. The van der Waals surface area contributed by atoms with Crippen molar-refractivity contribution in [1.29, 1.82) is 0 Å². The average Bonchev–Trinajstić information content (AvgIpc) is 3.59. The van der Waals surface area contributed by atoms with Gasteiger partial charge in [0.2, 0.25) is 5.91 Å². The summed E-state index contributed by atoms with van der Waals surface area (Å²) in [6.45, 7) is 7.43. The van der Waals surface area contributed by atoms with Gasteiger partial charge in [0.1, 0.15) is 21.4 Å². The fourth-order valence-electron chi connectivity index (χ4n) is 4.26. The van der Waals surface area contributed by atoms with Crippen molar-refractivity contribution in [1.82, 2.24) is 20.1 Å². The normalized spacial score (nSPS) is 10.7. The van der Waals surface area contributed by atoms with Gasteiger partial charge in [-0.3, -0.25) is 14.2 Å². The van der Waals surface area contributed by atoms with E-state index >= 15 is 0 Å². The van der Waals surface area contributed by atoms with Crippen LogP contribution in [0, 0.1) is 12.7 Å². The monoisotopic (exact) mass is 669 g/mol. The molecule has 2 heterocycles. The van der Waals surface area contributed by atoms with Gasteiger partial charge in [0.05, 0.1) is 43.2 Å². The first-order chi connectivity index (χ1) is 22.2. The number of halogens is 1. The van der Waals surface area contributed by atoms with E-state index in [-0.39, 0.29) is 46.5 Å². The lowest BCUT2D eigenvalue weighted by molar-refractivity contribution is -0.113. The Morgan fingerprint density at radius 3 is 2.30 bits per heavy atom. The molecule has 4 rings (SSSR count). The topological polar surface area (TPSA) is 151 Å². The van der Waals surface area contributed by atoms with Crippen LogP contribution in [0.2, 0.25) is 0 Å². The predicted molar refractivity (Wildman–Crippen MR) is 170 cm³/mol. The van der Waals surface area contributed by atoms with E-state index in [1.807, 2.05) is 6.92 Å². The van der Waals surface area contributed by atoms with Gasteiger partial charge in [0.15, 0.2) is 11.0 Å². The van der Waals surface area contributed by atoms with Crippen molar-refractivity contribution < 1.29 is 37.8 Å². The number of benzene rings is 2. The van der Waals surface area contributed by atoms with E-state index in [4.69, 9.17) is 14.2 Å². The molecule has 0 atom stereocenters. The van der Waals surface area contributed by atoms with Gasteiger partial charge in [-0.1, -0.05) is 23.9 Å². The number of hydrogen-bond donors (Lipinski definition) is 2. The van der Waals surface area contributed by atoms with Gasteiger partial charge in [-0.05, 0) is 69.7 Å². The zero-order valence-corrected chi connectivity index (χ0v) is 27.2. The zero-order valence-electron chi connectivity index (χ0n) is 25.5. The van der Waals surface area contributed by atoms with Crippen LogP contribution in [0.25, 0.3) is 5.69 Å². The van der Waals surface area contributed by atoms with E-state index in [0.29, 0.717) is 34.6 Å². The summed E-state index contributed by atoms with van der Waals surface area (Å²) in [6.07, 6.45) is 0. The maximum Gasteiger partial charge on any atom is 0.348 e. The number of ether oxygens (including phenoxy) is 3. The number of aromatic nitrogens is 3. The number of nitrogens with one attached hydrogen (secondary N) is 2. The van der Waals surface area contributed by atoms with Crippen molar-refractivity contribution in [2.75, 3.05) is 30.9 Å². The number of nitrogens with zero attached hydrogens (tertiary/aromatic N) is 3. The van der Waals surface area contributed by atoms with Crippen LogP contribution in [-0.2, 0) is 20.8 Å². The minimum Gasteiger partial charge on any atom is -0.494 e. The molecule has 2 aromatic carbocycles. The summed E-state index contributed by atoms with van der Waals surface area (Å²) in [5, 5.41) is 14.3. The van der Waals surface area contributed by atoms with Gasteiger partial charge in [-0.15, -0.1) is 21.5 Å². The fraction of sp³-hybridized carbons (Fsp3) is 0.290. The van der Waals surface area contributed by atoms with Crippen LogP contribution in [0.1, 0.15) is 62.5 Å². The molecule has 0 saturated heterocycles. The van der Waals surface area contributed by atoms with Crippen molar-refractivity contribution in [2.24, 2.45) is 0 Å². The number of esters is 2. The molecule has 0 aliphatic heterocycles. The molecular weight excluding hydrogens is 638 g/mol. The summed E-state index contributed by atoms with van der Waals surface area (Å²) in [7, 11) is 0. The molecule has 2 aromatic heterocycles. The first kappa shape index (κ1) is 34.1. The van der Waals surface area contributed by atoms with Gasteiger partial charge in [0.25, 0.3) is 5.91 Å². The van der Waals surface area contributed by atoms with Crippen molar-refractivity contribution in [3.05, 3.63) is 81.7 Å². The number of anilines is 1. The molecule has 0 spiro atoms. The highest BCUT2D eigenvalue weighted by Gasteiger charge is 2.27. The third kappa shape index (κ3) is 8.09. The number of carbonyl (C=O) groups excluding carboxylic acids is 4. The molecule has 242 valence electrons. The molecule has 0 saturated carbocycles. The lowest BCUT2D eigenvalue weighted by Crippen LogP contribution is -2.25. The van der Waals surface area contributed by atoms with Gasteiger partial charge < -0.3 is 24.8 Å². The number of carbonyl (C=O) groups is 4. The summed E-state index contributed by atoms with van der Waals surface area (Å²) < 4.78 is 31.6. The van der Waals surface area contributed by atoms with E-state index < -0.39 is 29.6 Å². The van der Waals surface area contributed by atoms with Crippen LogP contribution in [0.5, 0.6) is 5.75 Å². The molecule has 15 heteroatoms. The van der Waals surface area contributed by atoms with E-state index in [1.165, 1.54) is 18.2 Å². The fourth-order valence-corrected chi connectivity index (χ4v) is 6.14. The second kappa shape index (κ2) is 16.0. The Labute approximate surface area is 272 Å². The predicted octanol–water partition coefficient (Wildman–Crippen LogP) is 5.19. The van der Waals surface area contributed by atoms with Crippen LogP contribution in [-0.4, -0.2) is 64.1 Å². The van der Waals surface area contributed by atoms with Gasteiger partial charge in [-0.2, -0.15) is 0 Å². The van der Waals surface area contributed by atoms with E-state index in [2.05, 4.69) is 20.8 Å². The van der Waals surface area contributed by atoms with E-state index in [0.717, 1.165) is 23.1 Å². The number of thiophene rings is 1. The molecule has 0 aliphatic rings. The van der Waals surface area contributed by atoms with Crippen molar-refractivity contribution in [3.8, 4) is 11.4 Å². The van der Waals surface area contributed by atoms with Crippen LogP contribution >= 0.6 is 23.1 Å². The molecule has 0 radical (unpaired) electrons. The highest BCUT2D eigenvalue weighted by molar-refractivity contribution is 7.99. The molecule has 0 aliphatic carbocycles. The molecule has 4 aromatic rings. The Kier molecular flexibility index (Phi) is 11.9. The third-order valence-electron chi connectivity index (χ3n) is 6.30.